The molecule has 0 aliphatic heterocycles. The summed E-state index contributed by atoms with van der Waals surface area (Å²) in [6, 6.07) is 12.2. The lowest BCUT2D eigenvalue weighted by atomic mass is 10.1. The van der Waals surface area contributed by atoms with Crippen molar-refractivity contribution in [3.63, 3.8) is 0 Å². The van der Waals surface area contributed by atoms with Crippen molar-refractivity contribution in [2.45, 2.75) is 27.3 Å². The Labute approximate surface area is 153 Å². The fourth-order valence-electron chi connectivity index (χ4n) is 2.87. The molecule has 0 fully saturated rings. The summed E-state index contributed by atoms with van der Waals surface area (Å²) >= 11 is 0. The molecule has 6 nitrogen and oxygen atoms in total. The van der Waals surface area contributed by atoms with Crippen LogP contribution >= 0.6 is 0 Å². The fourth-order valence-corrected chi connectivity index (χ4v) is 2.87. The lowest BCUT2D eigenvalue weighted by molar-refractivity contribution is 0.414. The van der Waals surface area contributed by atoms with Gasteiger partial charge in [-0.05, 0) is 49.6 Å². The number of anilines is 3. The van der Waals surface area contributed by atoms with Gasteiger partial charge >= 0.3 is 0 Å². The van der Waals surface area contributed by atoms with Crippen molar-refractivity contribution in [1.29, 1.82) is 0 Å². The first-order valence-corrected chi connectivity index (χ1v) is 8.46. The molecule has 1 heterocycles. The molecular formula is C20H23N5O. The number of rotatable bonds is 6. The average molecular weight is 349 g/mol. The average Bonchev–Trinajstić information content (AvgIpc) is 2.64. The third-order valence-corrected chi connectivity index (χ3v) is 4.11. The largest absolute Gasteiger partial charge is 0.497 e. The Morgan fingerprint density at radius 1 is 1.00 bits per heavy atom. The highest BCUT2D eigenvalue weighted by Gasteiger charge is 2.07. The van der Waals surface area contributed by atoms with Gasteiger partial charge in [0, 0.05) is 12.2 Å². The highest BCUT2D eigenvalue weighted by atomic mass is 16.5. The Morgan fingerprint density at radius 3 is 2.35 bits per heavy atom. The molecule has 0 unspecified atom stereocenters. The van der Waals surface area contributed by atoms with Crippen molar-refractivity contribution in [3.05, 3.63) is 64.8 Å². The molecule has 26 heavy (non-hydrogen) atoms. The fraction of sp³-hybridized carbons (Fsp3) is 0.250. The second kappa shape index (κ2) is 7.82. The minimum Gasteiger partial charge on any atom is -0.497 e. The SMILES string of the molecule is COc1ccc(CNc2cnnc(Nc3c(C)cc(C)cc3C)n2)cc1. The Kier molecular flexibility index (Phi) is 5.31. The number of methoxy groups -OCH3 is 1. The van der Waals surface area contributed by atoms with Crippen molar-refractivity contribution < 1.29 is 4.74 Å². The van der Waals surface area contributed by atoms with Crippen molar-refractivity contribution in [3.8, 4) is 5.75 Å². The number of aromatic nitrogens is 3. The summed E-state index contributed by atoms with van der Waals surface area (Å²) in [6.07, 6.45) is 1.61. The van der Waals surface area contributed by atoms with Crippen LogP contribution in [0, 0.1) is 20.8 Å². The quantitative estimate of drug-likeness (QED) is 0.696. The number of aryl methyl sites for hydroxylation is 3. The zero-order chi connectivity index (χ0) is 18.5. The third kappa shape index (κ3) is 4.27. The molecule has 0 aliphatic rings. The monoisotopic (exact) mass is 349 g/mol. The number of nitrogens with one attached hydrogen (secondary N) is 2. The highest BCUT2D eigenvalue weighted by molar-refractivity contribution is 5.64. The van der Waals surface area contributed by atoms with Gasteiger partial charge in [-0.1, -0.05) is 29.8 Å². The highest BCUT2D eigenvalue weighted by Crippen LogP contribution is 2.24. The molecule has 0 radical (unpaired) electrons. The van der Waals surface area contributed by atoms with E-state index in [1.165, 1.54) is 5.56 Å². The molecule has 0 aliphatic carbocycles. The molecule has 0 saturated carbocycles. The molecule has 0 amide bonds. The van der Waals surface area contributed by atoms with E-state index in [1.807, 2.05) is 24.3 Å². The van der Waals surface area contributed by atoms with E-state index in [-0.39, 0.29) is 0 Å². The first-order valence-electron chi connectivity index (χ1n) is 8.46. The maximum Gasteiger partial charge on any atom is 0.249 e. The van der Waals surface area contributed by atoms with Crippen LogP contribution in [0.15, 0.2) is 42.6 Å². The van der Waals surface area contributed by atoms with Gasteiger partial charge in [-0.2, -0.15) is 10.1 Å². The number of hydrogen-bond acceptors (Lipinski definition) is 6. The number of hydrogen-bond donors (Lipinski definition) is 2. The van der Waals surface area contributed by atoms with Crippen molar-refractivity contribution in [1.82, 2.24) is 15.2 Å². The molecule has 134 valence electrons. The summed E-state index contributed by atoms with van der Waals surface area (Å²) < 4.78 is 5.17. The van der Waals surface area contributed by atoms with Gasteiger partial charge in [0.1, 0.15) is 5.75 Å². The maximum absolute atomic E-state index is 5.17. The van der Waals surface area contributed by atoms with E-state index >= 15 is 0 Å². The van der Waals surface area contributed by atoms with E-state index in [0.29, 0.717) is 18.3 Å². The zero-order valence-corrected chi connectivity index (χ0v) is 15.5. The van der Waals surface area contributed by atoms with Gasteiger partial charge in [0.15, 0.2) is 5.82 Å². The normalized spacial score (nSPS) is 10.5. The van der Waals surface area contributed by atoms with Gasteiger partial charge in [-0.3, -0.25) is 0 Å². The predicted octanol–water partition coefficient (Wildman–Crippen LogP) is 4.16. The lowest BCUT2D eigenvalue weighted by Gasteiger charge is -2.13. The topological polar surface area (TPSA) is 72.0 Å². The summed E-state index contributed by atoms with van der Waals surface area (Å²) in [5.74, 6) is 1.98. The van der Waals surface area contributed by atoms with Crippen LogP contribution in [-0.4, -0.2) is 22.3 Å². The summed E-state index contributed by atoms with van der Waals surface area (Å²) in [5.41, 5.74) is 5.69. The predicted molar refractivity (Wildman–Crippen MR) is 104 cm³/mol. The molecule has 6 heteroatoms. The van der Waals surface area contributed by atoms with Crippen molar-refractivity contribution >= 4 is 17.5 Å². The summed E-state index contributed by atoms with van der Waals surface area (Å²) in [5, 5.41) is 14.7. The summed E-state index contributed by atoms with van der Waals surface area (Å²) in [6.45, 7) is 6.87. The van der Waals surface area contributed by atoms with Crippen LogP contribution in [0.25, 0.3) is 0 Å². The van der Waals surface area contributed by atoms with E-state index in [9.17, 15) is 0 Å². The second-order valence-electron chi connectivity index (χ2n) is 6.27. The van der Waals surface area contributed by atoms with E-state index in [1.54, 1.807) is 13.3 Å². The summed E-state index contributed by atoms with van der Waals surface area (Å²) in [4.78, 5) is 4.50. The number of ether oxygens (including phenoxy) is 1. The summed E-state index contributed by atoms with van der Waals surface area (Å²) in [7, 11) is 1.66. The Bertz CT molecular complexity index is 870. The molecule has 1 aromatic heterocycles. The zero-order valence-electron chi connectivity index (χ0n) is 15.5. The van der Waals surface area contributed by atoms with Crippen LogP contribution in [-0.2, 0) is 6.54 Å². The van der Waals surface area contributed by atoms with Crippen LogP contribution in [0.3, 0.4) is 0 Å². The molecule has 3 rings (SSSR count). The van der Waals surface area contributed by atoms with Crippen LogP contribution in [0.5, 0.6) is 5.75 Å². The maximum atomic E-state index is 5.17. The minimum atomic E-state index is 0.472. The molecule has 0 atom stereocenters. The minimum absolute atomic E-state index is 0.472. The van der Waals surface area contributed by atoms with Gasteiger partial charge in [0.2, 0.25) is 5.95 Å². The van der Waals surface area contributed by atoms with Gasteiger partial charge in [-0.15, -0.1) is 5.10 Å². The van der Waals surface area contributed by atoms with E-state index in [4.69, 9.17) is 4.74 Å². The Morgan fingerprint density at radius 2 is 1.69 bits per heavy atom. The van der Waals surface area contributed by atoms with Gasteiger partial charge < -0.3 is 15.4 Å². The Hall–Kier alpha value is -3.15. The molecule has 2 N–H and O–H groups in total. The van der Waals surface area contributed by atoms with Crippen LogP contribution in [0.1, 0.15) is 22.3 Å². The van der Waals surface area contributed by atoms with Gasteiger partial charge in [-0.25, -0.2) is 0 Å². The van der Waals surface area contributed by atoms with Crippen LogP contribution in [0.2, 0.25) is 0 Å². The first-order chi connectivity index (χ1) is 12.5. The molecule has 0 saturated heterocycles. The molecule has 0 spiro atoms. The van der Waals surface area contributed by atoms with E-state index in [0.717, 1.165) is 28.1 Å². The third-order valence-electron chi connectivity index (χ3n) is 4.11. The van der Waals surface area contributed by atoms with Crippen molar-refractivity contribution in [2.75, 3.05) is 17.7 Å². The van der Waals surface area contributed by atoms with Gasteiger partial charge in [0.05, 0.1) is 13.3 Å². The number of benzene rings is 2. The molecular weight excluding hydrogens is 326 g/mol. The standard InChI is InChI=1S/C20H23N5O/c1-13-9-14(2)19(15(3)10-13)24-20-23-18(12-22-25-20)21-11-16-5-7-17(26-4)8-6-16/h5-10,12H,11H2,1-4H3,(H2,21,23,24,25). The first kappa shape index (κ1) is 17.7. The Balaban J connectivity index is 1.70. The van der Waals surface area contributed by atoms with Crippen LogP contribution < -0.4 is 15.4 Å². The van der Waals surface area contributed by atoms with E-state index in [2.05, 4.69) is 58.7 Å². The number of nitrogens with zero attached hydrogens (tertiary/aromatic N) is 3. The smallest absolute Gasteiger partial charge is 0.249 e. The molecule has 0 bridgehead atoms. The van der Waals surface area contributed by atoms with Crippen LogP contribution in [0.4, 0.5) is 17.5 Å². The molecule has 2 aromatic carbocycles. The second-order valence-corrected chi connectivity index (χ2v) is 6.27. The lowest BCUT2D eigenvalue weighted by Crippen LogP contribution is -2.07. The van der Waals surface area contributed by atoms with E-state index < -0.39 is 0 Å². The molecule has 3 aromatic rings. The van der Waals surface area contributed by atoms with Crippen molar-refractivity contribution in [2.24, 2.45) is 0 Å². The van der Waals surface area contributed by atoms with Gasteiger partial charge in [0.25, 0.3) is 0 Å².